The first-order valence-corrected chi connectivity index (χ1v) is 12.8. The van der Waals surface area contributed by atoms with Crippen LogP contribution in [0.15, 0.2) is 48.1 Å². The molecule has 7 heteroatoms. The second kappa shape index (κ2) is 8.47. The van der Waals surface area contributed by atoms with Gasteiger partial charge in [0.15, 0.2) is 0 Å². The fourth-order valence-corrected chi connectivity index (χ4v) is 5.04. The van der Waals surface area contributed by atoms with E-state index >= 15 is 0 Å². The number of rotatable bonds is 7. The van der Waals surface area contributed by atoms with Crippen LogP contribution >= 0.6 is 11.3 Å². The topological polar surface area (TPSA) is 71.0 Å². The van der Waals surface area contributed by atoms with Crippen LogP contribution in [0.4, 0.5) is 5.82 Å². The third-order valence-electron chi connectivity index (χ3n) is 6.58. The number of aromatic nitrogens is 3. The Hall–Kier alpha value is -3.32. The molecule has 0 saturated heterocycles. The van der Waals surface area contributed by atoms with Crippen molar-refractivity contribution in [3.63, 3.8) is 0 Å². The van der Waals surface area contributed by atoms with E-state index in [-0.39, 0.29) is 5.91 Å². The third kappa shape index (κ3) is 4.28. The molecule has 0 radical (unpaired) electrons. The standard InChI is InChI=1S/C27H27N5OS/c1-16-10-24-23(26(29-15-28-24)31-20-6-7-20)12-22(16)19-5-3-4-18(11-19)13-32(21-8-9-21)27(33)25-14-34-17(2)30-25/h3-5,10-12,14-15,20-21H,6-9,13H2,1-2H3,(H,28,29,31). The predicted molar refractivity (Wildman–Crippen MR) is 136 cm³/mol. The SMILES string of the molecule is Cc1nc(C(=O)N(Cc2cccc(-c3cc4c(NC5CC5)ncnc4cc3C)c2)C2CC2)cs1. The number of hydrogen-bond acceptors (Lipinski definition) is 6. The summed E-state index contributed by atoms with van der Waals surface area (Å²) in [6.07, 6.45) is 6.16. The first-order chi connectivity index (χ1) is 16.5. The normalized spacial score (nSPS) is 15.5. The van der Waals surface area contributed by atoms with Crippen molar-refractivity contribution in [2.24, 2.45) is 0 Å². The quantitative estimate of drug-likeness (QED) is 0.373. The molecule has 2 saturated carbocycles. The molecule has 2 aliphatic rings. The summed E-state index contributed by atoms with van der Waals surface area (Å²) in [4.78, 5) is 28.6. The highest BCUT2D eigenvalue weighted by atomic mass is 32.1. The Morgan fingerprint density at radius 3 is 2.71 bits per heavy atom. The zero-order valence-corrected chi connectivity index (χ0v) is 20.2. The smallest absolute Gasteiger partial charge is 0.273 e. The molecular formula is C27H27N5OS. The minimum absolute atomic E-state index is 0.0343. The summed E-state index contributed by atoms with van der Waals surface area (Å²) in [6, 6.07) is 13.7. The van der Waals surface area contributed by atoms with Crippen LogP contribution in [0.25, 0.3) is 22.0 Å². The third-order valence-corrected chi connectivity index (χ3v) is 7.35. The van der Waals surface area contributed by atoms with E-state index in [2.05, 4.69) is 63.6 Å². The van der Waals surface area contributed by atoms with Gasteiger partial charge in [0.2, 0.25) is 0 Å². The molecule has 2 aliphatic carbocycles. The molecule has 0 aliphatic heterocycles. The van der Waals surface area contributed by atoms with Gasteiger partial charge in [-0.2, -0.15) is 0 Å². The Bertz CT molecular complexity index is 1390. The maximum Gasteiger partial charge on any atom is 0.273 e. The maximum atomic E-state index is 13.2. The minimum Gasteiger partial charge on any atom is -0.367 e. The van der Waals surface area contributed by atoms with Gasteiger partial charge in [0.1, 0.15) is 17.8 Å². The average Bonchev–Trinajstić information content (AvgIpc) is 3.77. The second-order valence-corrected chi connectivity index (χ2v) is 10.5. The van der Waals surface area contributed by atoms with Gasteiger partial charge in [0.25, 0.3) is 5.91 Å². The van der Waals surface area contributed by atoms with E-state index in [4.69, 9.17) is 0 Å². The first-order valence-electron chi connectivity index (χ1n) is 11.9. The Kier molecular flexibility index (Phi) is 5.29. The fraction of sp³-hybridized carbons (Fsp3) is 0.333. The largest absolute Gasteiger partial charge is 0.367 e. The molecule has 0 bridgehead atoms. The van der Waals surface area contributed by atoms with E-state index in [9.17, 15) is 4.79 Å². The molecule has 0 spiro atoms. The lowest BCUT2D eigenvalue weighted by molar-refractivity contribution is 0.0724. The second-order valence-electron chi connectivity index (χ2n) is 9.44. The minimum atomic E-state index is 0.0343. The van der Waals surface area contributed by atoms with E-state index in [0.717, 1.165) is 45.7 Å². The number of nitrogens with zero attached hydrogens (tertiary/aromatic N) is 4. The molecule has 2 heterocycles. The van der Waals surface area contributed by atoms with Gasteiger partial charge in [0, 0.05) is 29.4 Å². The molecule has 1 amide bonds. The van der Waals surface area contributed by atoms with Gasteiger partial charge in [-0.05, 0) is 80.0 Å². The number of nitrogens with one attached hydrogen (secondary N) is 1. The lowest BCUT2D eigenvalue weighted by atomic mass is 9.96. The number of benzene rings is 2. The first kappa shape index (κ1) is 21.2. The van der Waals surface area contributed by atoms with Crippen molar-refractivity contribution in [3.05, 3.63) is 69.9 Å². The molecule has 34 heavy (non-hydrogen) atoms. The summed E-state index contributed by atoms with van der Waals surface area (Å²) >= 11 is 1.53. The maximum absolute atomic E-state index is 13.2. The highest BCUT2D eigenvalue weighted by Gasteiger charge is 2.34. The average molecular weight is 470 g/mol. The lowest BCUT2D eigenvalue weighted by Crippen LogP contribution is -2.32. The highest BCUT2D eigenvalue weighted by Crippen LogP contribution is 2.34. The number of carbonyl (C=O) groups is 1. The van der Waals surface area contributed by atoms with Crippen LogP contribution in [-0.2, 0) is 6.54 Å². The zero-order valence-electron chi connectivity index (χ0n) is 19.4. The summed E-state index contributed by atoms with van der Waals surface area (Å²) in [6.45, 7) is 4.66. The van der Waals surface area contributed by atoms with Gasteiger partial charge in [-0.1, -0.05) is 18.2 Å². The van der Waals surface area contributed by atoms with Crippen molar-refractivity contribution in [2.75, 3.05) is 5.32 Å². The Morgan fingerprint density at radius 1 is 1.12 bits per heavy atom. The van der Waals surface area contributed by atoms with Crippen LogP contribution in [0.3, 0.4) is 0 Å². The van der Waals surface area contributed by atoms with Gasteiger partial charge < -0.3 is 10.2 Å². The summed E-state index contributed by atoms with van der Waals surface area (Å²) in [5.74, 6) is 0.945. The van der Waals surface area contributed by atoms with Gasteiger partial charge in [-0.15, -0.1) is 11.3 Å². The molecule has 6 rings (SSSR count). The van der Waals surface area contributed by atoms with Crippen LogP contribution in [0.5, 0.6) is 0 Å². The summed E-state index contributed by atoms with van der Waals surface area (Å²) < 4.78 is 0. The van der Waals surface area contributed by atoms with Crippen LogP contribution in [0.2, 0.25) is 0 Å². The van der Waals surface area contributed by atoms with E-state index in [1.165, 1.54) is 35.3 Å². The van der Waals surface area contributed by atoms with Crippen LogP contribution in [0, 0.1) is 13.8 Å². The van der Waals surface area contributed by atoms with Crippen LogP contribution in [-0.4, -0.2) is 37.8 Å². The van der Waals surface area contributed by atoms with E-state index in [1.807, 2.05) is 17.2 Å². The van der Waals surface area contributed by atoms with Gasteiger partial charge >= 0.3 is 0 Å². The van der Waals surface area contributed by atoms with Crippen molar-refractivity contribution in [1.29, 1.82) is 0 Å². The van der Waals surface area contributed by atoms with E-state index in [0.29, 0.717) is 24.3 Å². The van der Waals surface area contributed by atoms with E-state index in [1.54, 1.807) is 6.33 Å². The molecule has 2 fully saturated rings. The number of hydrogen-bond donors (Lipinski definition) is 1. The number of anilines is 1. The number of amides is 1. The van der Waals surface area contributed by atoms with Gasteiger partial charge in [-0.3, -0.25) is 4.79 Å². The van der Waals surface area contributed by atoms with Crippen molar-refractivity contribution in [1.82, 2.24) is 19.9 Å². The summed E-state index contributed by atoms with van der Waals surface area (Å²) in [5.41, 5.74) is 6.14. The summed E-state index contributed by atoms with van der Waals surface area (Å²) in [7, 11) is 0. The molecular weight excluding hydrogens is 442 g/mol. The zero-order chi connectivity index (χ0) is 23.2. The van der Waals surface area contributed by atoms with E-state index < -0.39 is 0 Å². The van der Waals surface area contributed by atoms with Crippen LogP contribution < -0.4 is 5.32 Å². The Morgan fingerprint density at radius 2 is 1.97 bits per heavy atom. The number of fused-ring (bicyclic) bond motifs is 1. The Labute approximate surface area is 203 Å². The van der Waals surface area contributed by atoms with Gasteiger partial charge in [-0.25, -0.2) is 15.0 Å². The molecule has 1 N–H and O–H groups in total. The molecule has 4 aromatic rings. The monoisotopic (exact) mass is 469 g/mol. The van der Waals surface area contributed by atoms with Crippen molar-refractivity contribution < 1.29 is 4.79 Å². The predicted octanol–water partition coefficient (Wildman–Crippen LogP) is 5.75. The number of aryl methyl sites for hydroxylation is 2. The molecule has 6 nitrogen and oxygen atoms in total. The molecule has 2 aromatic carbocycles. The molecule has 2 aromatic heterocycles. The summed E-state index contributed by atoms with van der Waals surface area (Å²) in [5, 5.41) is 7.39. The molecule has 0 atom stereocenters. The lowest BCUT2D eigenvalue weighted by Gasteiger charge is -2.22. The Balaban J connectivity index is 1.32. The van der Waals surface area contributed by atoms with Crippen molar-refractivity contribution in [3.8, 4) is 11.1 Å². The van der Waals surface area contributed by atoms with Gasteiger partial charge in [0.05, 0.1) is 10.5 Å². The van der Waals surface area contributed by atoms with Crippen LogP contribution in [0.1, 0.15) is 52.3 Å². The molecule has 172 valence electrons. The number of carbonyl (C=O) groups excluding carboxylic acids is 1. The highest BCUT2D eigenvalue weighted by molar-refractivity contribution is 7.09. The molecule has 0 unspecified atom stereocenters. The van der Waals surface area contributed by atoms with Crippen molar-refractivity contribution >= 4 is 34.0 Å². The van der Waals surface area contributed by atoms with Crippen molar-refractivity contribution in [2.45, 2.75) is 58.2 Å². The fourth-order valence-electron chi connectivity index (χ4n) is 4.45. The number of thiazole rings is 1.